The van der Waals surface area contributed by atoms with E-state index in [2.05, 4.69) is 4.98 Å². The Labute approximate surface area is 136 Å². The Balaban J connectivity index is 1.74. The summed E-state index contributed by atoms with van der Waals surface area (Å²) in [4.78, 5) is 16.9. The highest BCUT2D eigenvalue weighted by molar-refractivity contribution is 5.78. The summed E-state index contributed by atoms with van der Waals surface area (Å²) in [5, 5.41) is 10.4. The maximum absolute atomic E-state index is 12.8. The second-order valence-electron chi connectivity index (χ2n) is 6.16. The van der Waals surface area contributed by atoms with Gasteiger partial charge in [-0.3, -0.25) is 9.78 Å². The Morgan fingerprint density at radius 1 is 1.22 bits per heavy atom. The van der Waals surface area contributed by atoms with E-state index in [1.165, 1.54) is 0 Å². The van der Waals surface area contributed by atoms with Crippen LogP contribution in [0, 0.1) is 5.41 Å². The molecule has 2 atom stereocenters. The zero-order valence-electron chi connectivity index (χ0n) is 13.0. The van der Waals surface area contributed by atoms with E-state index < -0.39 is 11.5 Å². The van der Waals surface area contributed by atoms with Crippen LogP contribution >= 0.6 is 0 Å². The van der Waals surface area contributed by atoms with Gasteiger partial charge < -0.3 is 9.84 Å². The van der Waals surface area contributed by atoms with Gasteiger partial charge in [0.1, 0.15) is 6.61 Å². The summed E-state index contributed by atoms with van der Waals surface area (Å²) < 4.78 is 5.54. The van der Waals surface area contributed by atoms with E-state index in [4.69, 9.17) is 4.74 Å². The molecule has 1 aromatic carbocycles. The van der Waals surface area contributed by atoms with Crippen LogP contribution in [-0.2, 0) is 22.6 Å². The van der Waals surface area contributed by atoms with E-state index in [1.54, 1.807) is 12.4 Å². The fraction of sp³-hybridized carbons (Fsp3) is 0.368. The van der Waals surface area contributed by atoms with Crippen LogP contribution in [-0.4, -0.2) is 22.2 Å². The Kier molecular flexibility index (Phi) is 4.72. The summed E-state index contributed by atoms with van der Waals surface area (Å²) in [6.07, 6.45) is 5.38. The van der Waals surface area contributed by atoms with Crippen molar-refractivity contribution in [2.45, 2.75) is 38.4 Å². The molecule has 4 nitrogen and oxygen atoms in total. The molecule has 1 aliphatic carbocycles. The molecule has 2 aromatic rings. The first-order valence-electron chi connectivity index (χ1n) is 7.99. The predicted molar refractivity (Wildman–Crippen MR) is 86.5 cm³/mol. The zero-order valence-corrected chi connectivity index (χ0v) is 13.0. The van der Waals surface area contributed by atoms with Gasteiger partial charge in [0.25, 0.3) is 0 Å². The molecule has 0 spiro atoms. The van der Waals surface area contributed by atoms with Crippen LogP contribution < -0.4 is 0 Å². The molecule has 1 saturated carbocycles. The molecule has 3 rings (SSSR count). The highest BCUT2D eigenvalue weighted by Crippen LogP contribution is 2.42. The van der Waals surface area contributed by atoms with Crippen LogP contribution in [0.4, 0.5) is 0 Å². The topological polar surface area (TPSA) is 59.4 Å². The van der Waals surface area contributed by atoms with E-state index in [1.807, 2.05) is 42.5 Å². The Bertz CT molecular complexity index is 644. The van der Waals surface area contributed by atoms with Gasteiger partial charge in [0.2, 0.25) is 0 Å². The lowest BCUT2D eigenvalue weighted by Gasteiger charge is -2.30. The number of pyridine rings is 1. The van der Waals surface area contributed by atoms with Crippen LogP contribution in [0.5, 0.6) is 0 Å². The number of carbonyl (C=O) groups is 1. The van der Waals surface area contributed by atoms with Crippen molar-refractivity contribution in [3.8, 4) is 0 Å². The van der Waals surface area contributed by atoms with Crippen LogP contribution in [0.1, 0.15) is 30.4 Å². The van der Waals surface area contributed by atoms with Gasteiger partial charge in [0, 0.05) is 12.4 Å². The van der Waals surface area contributed by atoms with Gasteiger partial charge in [-0.1, -0.05) is 36.4 Å². The monoisotopic (exact) mass is 311 g/mol. The minimum Gasteiger partial charge on any atom is -0.460 e. The van der Waals surface area contributed by atoms with E-state index in [0.29, 0.717) is 19.3 Å². The highest BCUT2D eigenvalue weighted by Gasteiger charge is 2.49. The Morgan fingerprint density at radius 3 is 2.65 bits per heavy atom. The average Bonchev–Trinajstić information content (AvgIpc) is 2.96. The Morgan fingerprint density at radius 2 is 2.00 bits per heavy atom. The second kappa shape index (κ2) is 6.92. The summed E-state index contributed by atoms with van der Waals surface area (Å²) >= 11 is 0. The lowest BCUT2D eigenvalue weighted by atomic mass is 9.78. The number of hydrogen-bond donors (Lipinski definition) is 1. The van der Waals surface area contributed by atoms with Crippen molar-refractivity contribution in [1.29, 1.82) is 0 Å². The molecule has 0 radical (unpaired) electrons. The third-order valence-electron chi connectivity index (χ3n) is 4.60. The molecule has 4 heteroatoms. The summed E-state index contributed by atoms with van der Waals surface area (Å²) in [5.41, 5.74) is 1.05. The molecule has 1 heterocycles. The summed E-state index contributed by atoms with van der Waals surface area (Å²) in [6.45, 7) is 0.237. The summed E-state index contributed by atoms with van der Waals surface area (Å²) in [5.74, 6) is -0.310. The average molecular weight is 311 g/mol. The van der Waals surface area contributed by atoms with Crippen molar-refractivity contribution in [3.05, 3.63) is 66.0 Å². The number of hydrogen-bond acceptors (Lipinski definition) is 4. The molecule has 0 saturated heterocycles. The normalized spacial score (nSPS) is 23.6. The summed E-state index contributed by atoms with van der Waals surface area (Å²) in [7, 11) is 0. The molecule has 2 unspecified atom stereocenters. The largest absolute Gasteiger partial charge is 0.460 e. The zero-order chi connectivity index (χ0) is 16.1. The van der Waals surface area contributed by atoms with Crippen molar-refractivity contribution in [2.24, 2.45) is 5.41 Å². The maximum Gasteiger partial charge on any atom is 0.315 e. The number of rotatable bonds is 5. The number of aliphatic hydroxyl groups excluding tert-OH is 1. The number of benzene rings is 1. The number of ether oxygens (including phenoxy) is 1. The van der Waals surface area contributed by atoms with Crippen LogP contribution in [0.15, 0.2) is 54.9 Å². The molecule has 1 fully saturated rings. The lowest BCUT2D eigenvalue weighted by molar-refractivity contribution is -0.163. The molecular formula is C19H21NO3. The van der Waals surface area contributed by atoms with Gasteiger partial charge in [-0.2, -0.15) is 0 Å². The standard InChI is InChI=1S/C19H21NO3/c21-17-9-4-10-19(17,12-16-8-5-11-20-13-16)18(22)23-14-15-6-2-1-3-7-15/h1-3,5-8,11,13,17,21H,4,9-10,12,14H2. The summed E-state index contributed by atoms with van der Waals surface area (Å²) in [6, 6.07) is 13.4. The van der Waals surface area contributed by atoms with Crippen molar-refractivity contribution in [2.75, 3.05) is 0 Å². The molecule has 23 heavy (non-hydrogen) atoms. The van der Waals surface area contributed by atoms with Crippen molar-refractivity contribution < 1.29 is 14.6 Å². The van der Waals surface area contributed by atoms with Crippen LogP contribution in [0.3, 0.4) is 0 Å². The van der Waals surface area contributed by atoms with E-state index in [9.17, 15) is 9.90 Å². The molecule has 1 aromatic heterocycles. The first kappa shape index (κ1) is 15.7. The first-order chi connectivity index (χ1) is 11.2. The number of nitrogens with zero attached hydrogens (tertiary/aromatic N) is 1. The minimum absolute atomic E-state index is 0.237. The van der Waals surface area contributed by atoms with Gasteiger partial charge in [-0.25, -0.2) is 0 Å². The third-order valence-corrected chi connectivity index (χ3v) is 4.60. The smallest absolute Gasteiger partial charge is 0.315 e. The van der Waals surface area contributed by atoms with E-state index >= 15 is 0 Å². The van der Waals surface area contributed by atoms with Gasteiger partial charge >= 0.3 is 5.97 Å². The van der Waals surface area contributed by atoms with Gasteiger partial charge in [0.15, 0.2) is 0 Å². The quantitative estimate of drug-likeness (QED) is 0.863. The number of aromatic nitrogens is 1. The van der Waals surface area contributed by atoms with Gasteiger partial charge in [-0.15, -0.1) is 0 Å². The fourth-order valence-corrected chi connectivity index (χ4v) is 3.30. The molecule has 1 aliphatic rings. The lowest BCUT2D eigenvalue weighted by Crippen LogP contribution is -2.41. The number of carbonyl (C=O) groups excluding carboxylic acids is 1. The van der Waals surface area contributed by atoms with Crippen molar-refractivity contribution in [1.82, 2.24) is 4.98 Å². The predicted octanol–water partition coefficient (Wildman–Crippen LogP) is 2.90. The molecule has 1 N–H and O–H groups in total. The molecule has 0 aliphatic heterocycles. The van der Waals surface area contributed by atoms with E-state index in [-0.39, 0.29) is 12.6 Å². The Hall–Kier alpha value is -2.20. The van der Waals surface area contributed by atoms with Crippen molar-refractivity contribution >= 4 is 5.97 Å². The van der Waals surface area contributed by atoms with Gasteiger partial charge in [0.05, 0.1) is 11.5 Å². The van der Waals surface area contributed by atoms with E-state index in [0.717, 1.165) is 17.5 Å². The number of aliphatic hydroxyl groups is 1. The third kappa shape index (κ3) is 3.42. The highest BCUT2D eigenvalue weighted by atomic mass is 16.5. The maximum atomic E-state index is 12.8. The molecule has 120 valence electrons. The first-order valence-corrected chi connectivity index (χ1v) is 7.99. The fourth-order valence-electron chi connectivity index (χ4n) is 3.30. The minimum atomic E-state index is -0.849. The van der Waals surface area contributed by atoms with Crippen molar-refractivity contribution in [3.63, 3.8) is 0 Å². The molecular weight excluding hydrogens is 290 g/mol. The van der Waals surface area contributed by atoms with Crippen LogP contribution in [0.2, 0.25) is 0 Å². The SMILES string of the molecule is O=C(OCc1ccccc1)C1(Cc2cccnc2)CCCC1O. The van der Waals surface area contributed by atoms with Crippen LogP contribution in [0.25, 0.3) is 0 Å². The second-order valence-corrected chi connectivity index (χ2v) is 6.16. The number of esters is 1. The van der Waals surface area contributed by atoms with Gasteiger partial charge in [-0.05, 0) is 42.9 Å². The molecule has 0 bridgehead atoms. The molecule has 0 amide bonds.